The number of halogens is 3. The molecule has 5 heteroatoms. The lowest BCUT2D eigenvalue weighted by Crippen LogP contribution is -2.11. The normalized spacial score (nSPS) is 12.9. The van der Waals surface area contributed by atoms with Gasteiger partial charge in [-0.15, -0.1) is 0 Å². The SMILES string of the molecule is CC(CN)c1ccc(OC(F)F)cc1F. The first-order valence-electron chi connectivity index (χ1n) is 4.49. The Morgan fingerprint density at radius 3 is 2.53 bits per heavy atom. The van der Waals surface area contributed by atoms with Crippen molar-refractivity contribution in [2.24, 2.45) is 5.73 Å². The van der Waals surface area contributed by atoms with Crippen molar-refractivity contribution in [3.05, 3.63) is 29.6 Å². The van der Waals surface area contributed by atoms with E-state index < -0.39 is 12.4 Å². The molecule has 0 radical (unpaired) electrons. The van der Waals surface area contributed by atoms with E-state index in [0.29, 0.717) is 12.1 Å². The molecule has 2 nitrogen and oxygen atoms in total. The summed E-state index contributed by atoms with van der Waals surface area (Å²) >= 11 is 0. The molecule has 0 bridgehead atoms. The maximum atomic E-state index is 13.4. The first-order chi connectivity index (χ1) is 7.04. The van der Waals surface area contributed by atoms with Gasteiger partial charge in [0.25, 0.3) is 0 Å². The fourth-order valence-corrected chi connectivity index (χ4v) is 1.21. The Bertz CT molecular complexity index is 330. The van der Waals surface area contributed by atoms with E-state index in [1.807, 2.05) is 0 Å². The van der Waals surface area contributed by atoms with Gasteiger partial charge in [0, 0.05) is 6.07 Å². The topological polar surface area (TPSA) is 35.2 Å². The van der Waals surface area contributed by atoms with E-state index >= 15 is 0 Å². The largest absolute Gasteiger partial charge is 0.435 e. The summed E-state index contributed by atoms with van der Waals surface area (Å²) in [5, 5.41) is 0. The molecule has 1 aromatic carbocycles. The lowest BCUT2D eigenvalue weighted by molar-refractivity contribution is -0.0500. The fourth-order valence-electron chi connectivity index (χ4n) is 1.21. The zero-order valence-corrected chi connectivity index (χ0v) is 8.21. The molecule has 0 amide bonds. The highest BCUT2D eigenvalue weighted by molar-refractivity contribution is 5.31. The van der Waals surface area contributed by atoms with Crippen molar-refractivity contribution in [1.29, 1.82) is 0 Å². The number of rotatable bonds is 4. The van der Waals surface area contributed by atoms with Crippen molar-refractivity contribution < 1.29 is 17.9 Å². The summed E-state index contributed by atoms with van der Waals surface area (Å²) in [5.74, 6) is -0.910. The minimum Gasteiger partial charge on any atom is -0.435 e. The van der Waals surface area contributed by atoms with Gasteiger partial charge < -0.3 is 10.5 Å². The van der Waals surface area contributed by atoms with Gasteiger partial charge in [-0.05, 0) is 24.1 Å². The van der Waals surface area contributed by atoms with Crippen LogP contribution in [0.1, 0.15) is 18.4 Å². The predicted molar refractivity (Wildman–Crippen MR) is 50.5 cm³/mol. The van der Waals surface area contributed by atoms with Crippen LogP contribution in [-0.4, -0.2) is 13.2 Å². The average Bonchev–Trinajstić information content (AvgIpc) is 2.16. The van der Waals surface area contributed by atoms with E-state index in [4.69, 9.17) is 5.73 Å². The molecule has 1 unspecified atom stereocenters. The van der Waals surface area contributed by atoms with Crippen LogP contribution in [-0.2, 0) is 0 Å². The van der Waals surface area contributed by atoms with Crippen LogP contribution in [0.3, 0.4) is 0 Å². The summed E-state index contributed by atoms with van der Waals surface area (Å²) < 4.78 is 41.0. The molecule has 0 aliphatic carbocycles. The highest BCUT2D eigenvalue weighted by atomic mass is 19.3. The van der Waals surface area contributed by atoms with Crippen molar-refractivity contribution in [3.8, 4) is 5.75 Å². The van der Waals surface area contributed by atoms with E-state index in [-0.39, 0.29) is 11.7 Å². The van der Waals surface area contributed by atoms with Crippen molar-refractivity contribution in [3.63, 3.8) is 0 Å². The summed E-state index contributed by atoms with van der Waals surface area (Å²) in [6, 6.07) is 3.65. The number of hydrogen-bond donors (Lipinski definition) is 1. The second-order valence-electron chi connectivity index (χ2n) is 3.20. The molecule has 0 saturated heterocycles. The molecule has 15 heavy (non-hydrogen) atoms. The van der Waals surface area contributed by atoms with Crippen LogP contribution in [0.4, 0.5) is 13.2 Å². The molecule has 0 aliphatic rings. The number of benzene rings is 1. The molecule has 84 valence electrons. The minimum atomic E-state index is -2.94. The quantitative estimate of drug-likeness (QED) is 0.844. The van der Waals surface area contributed by atoms with E-state index in [1.54, 1.807) is 6.92 Å². The van der Waals surface area contributed by atoms with E-state index in [9.17, 15) is 13.2 Å². The molecule has 0 saturated carbocycles. The summed E-state index contributed by atoms with van der Waals surface area (Å²) in [4.78, 5) is 0. The minimum absolute atomic E-state index is 0.148. The smallest absolute Gasteiger partial charge is 0.387 e. The fraction of sp³-hybridized carbons (Fsp3) is 0.400. The summed E-state index contributed by atoms with van der Waals surface area (Å²) in [6.45, 7) is -0.889. The molecule has 0 spiro atoms. The molecule has 1 atom stereocenters. The van der Waals surface area contributed by atoms with Crippen LogP contribution >= 0.6 is 0 Å². The van der Waals surface area contributed by atoms with Crippen LogP contribution < -0.4 is 10.5 Å². The van der Waals surface area contributed by atoms with Crippen LogP contribution in [0.2, 0.25) is 0 Å². The van der Waals surface area contributed by atoms with Gasteiger partial charge in [0.05, 0.1) is 0 Å². The number of alkyl halides is 2. The zero-order chi connectivity index (χ0) is 11.4. The molecular weight excluding hydrogens is 207 g/mol. The third-order valence-electron chi connectivity index (χ3n) is 2.08. The van der Waals surface area contributed by atoms with E-state index in [2.05, 4.69) is 4.74 Å². The molecule has 0 heterocycles. The highest BCUT2D eigenvalue weighted by Crippen LogP contribution is 2.23. The molecule has 2 N–H and O–H groups in total. The van der Waals surface area contributed by atoms with E-state index in [1.165, 1.54) is 12.1 Å². The maximum Gasteiger partial charge on any atom is 0.387 e. The zero-order valence-electron chi connectivity index (χ0n) is 8.21. The van der Waals surface area contributed by atoms with Gasteiger partial charge in [0.15, 0.2) is 0 Å². The van der Waals surface area contributed by atoms with Crippen LogP contribution in [0, 0.1) is 5.82 Å². The Morgan fingerprint density at radius 2 is 2.07 bits per heavy atom. The van der Waals surface area contributed by atoms with Crippen molar-refractivity contribution in [1.82, 2.24) is 0 Å². The Kier molecular flexibility index (Phi) is 3.96. The third-order valence-corrected chi connectivity index (χ3v) is 2.08. The Balaban J connectivity index is 2.88. The van der Waals surface area contributed by atoms with Gasteiger partial charge in [-0.2, -0.15) is 8.78 Å². The van der Waals surface area contributed by atoms with Gasteiger partial charge >= 0.3 is 6.61 Å². The first-order valence-corrected chi connectivity index (χ1v) is 4.49. The molecule has 1 aromatic rings. The molecule has 0 fully saturated rings. The van der Waals surface area contributed by atoms with Crippen molar-refractivity contribution in [2.75, 3.05) is 6.54 Å². The van der Waals surface area contributed by atoms with Crippen molar-refractivity contribution >= 4 is 0 Å². The Morgan fingerprint density at radius 1 is 1.40 bits per heavy atom. The molecule has 0 aliphatic heterocycles. The van der Waals surface area contributed by atoms with Gasteiger partial charge in [0.2, 0.25) is 0 Å². The van der Waals surface area contributed by atoms with Crippen LogP contribution in [0.15, 0.2) is 18.2 Å². The Hall–Kier alpha value is -1.23. The number of nitrogens with two attached hydrogens (primary N) is 1. The second-order valence-corrected chi connectivity index (χ2v) is 3.20. The van der Waals surface area contributed by atoms with Gasteiger partial charge in [-0.25, -0.2) is 4.39 Å². The van der Waals surface area contributed by atoms with Gasteiger partial charge in [0.1, 0.15) is 11.6 Å². The molecule has 0 aromatic heterocycles. The Labute approximate surface area is 85.8 Å². The third kappa shape index (κ3) is 3.13. The van der Waals surface area contributed by atoms with Crippen LogP contribution in [0.25, 0.3) is 0 Å². The van der Waals surface area contributed by atoms with Crippen LogP contribution in [0.5, 0.6) is 5.75 Å². The standard InChI is InChI=1S/C10H12F3NO/c1-6(5-14)8-3-2-7(4-9(8)11)15-10(12)13/h2-4,6,10H,5,14H2,1H3. The average molecular weight is 219 g/mol. The van der Waals surface area contributed by atoms with E-state index in [0.717, 1.165) is 6.07 Å². The summed E-state index contributed by atoms with van der Waals surface area (Å²) in [7, 11) is 0. The van der Waals surface area contributed by atoms with Gasteiger partial charge in [-0.3, -0.25) is 0 Å². The summed E-state index contributed by atoms with van der Waals surface area (Å²) in [5.41, 5.74) is 5.78. The molecular formula is C10H12F3NO. The molecule has 1 rings (SSSR count). The monoisotopic (exact) mass is 219 g/mol. The van der Waals surface area contributed by atoms with Gasteiger partial charge in [-0.1, -0.05) is 13.0 Å². The highest BCUT2D eigenvalue weighted by Gasteiger charge is 2.12. The second kappa shape index (κ2) is 5.02. The number of ether oxygens (including phenoxy) is 1. The lowest BCUT2D eigenvalue weighted by atomic mass is 10.0. The number of hydrogen-bond acceptors (Lipinski definition) is 2. The van der Waals surface area contributed by atoms with Crippen molar-refractivity contribution in [2.45, 2.75) is 19.5 Å². The summed E-state index contributed by atoms with van der Waals surface area (Å²) in [6.07, 6.45) is 0. The first kappa shape index (κ1) is 11.8. The lowest BCUT2D eigenvalue weighted by Gasteiger charge is -2.11. The predicted octanol–water partition coefficient (Wildman–Crippen LogP) is 2.49. The maximum absolute atomic E-state index is 13.4.